The molecule has 0 aliphatic heterocycles. The molecule has 1 heterocycles. The second kappa shape index (κ2) is 5.64. The van der Waals surface area contributed by atoms with Gasteiger partial charge in [-0.1, -0.05) is 24.3 Å². The number of fused-ring (bicyclic) bond motifs is 1. The van der Waals surface area contributed by atoms with Crippen LogP contribution in [-0.4, -0.2) is 12.0 Å². The summed E-state index contributed by atoms with van der Waals surface area (Å²) in [7, 11) is 2.00. The fourth-order valence-electron chi connectivity index (χ4n) is 2.48. The van der Waals surface area contributed by atoms with Crippen LogP contribution in [0.1, 0.15) is 11.1 Å². The van der Waals surface area contributed by atoms with Crippen LogP contribution >= 0.6 is 0 Å². The molecule has 3 rings (SSSR count). The number of benzene rings is 2. The second-order valence-electron chi connectivity index (χ2n) is 5.02. The molecule has 21 heavy (non-hydrogen) atoms. The number of rotatable bonds is 3. The van der Waals surface area contributed by atoms with E-state index in [1.54, 1.807) is 6.20 Å². The lowest BCUT2D eigenvalue weighted by atomic mass is 10.1. The SMILES string of the molecule is CN(Cc1ccc2ncccc2c1)c1ccccc1C#N. The summed E-state index contributed by atoms with van der Waals surface area (Å²) in [4.78, 5) is 6.42. The van der Waals surface area contributed by atoms with Gasteiger partial charge in [0.2, 0.25) is 0 Å². The van der Waals surface area contributed by atoms with Crippen molar-refractivity contribution in [2.75, 3.05) is 11.9 Å². The first-order valence-corrected chi connectivity index (χ1v) is 6.82. The predicted octanol–water partition coefficient (Wildman–Crippen LogP) is 3.74. The topological polar surface area (TPSA) is 39.9 Å². The molecule has 0 N–H and O–H groups in total. The highest BCUT2D eigenvalue weighted by molar-refractivity contribution is 5.79. The lowest BCUT2D eigenvalue weighted by molar-refractivity contribution is 0.922. The number of hydrogen-bond acceptors (Lipinski definition) is 3. The van der Waals surface area contributed by atoms with Crippen LogP contribution in [0.25, 0.3) is 10.9 Å². The van der Waals surface area contributed by atoms with Gasteiger partial charge in [0.05, 0.1) is 16.8 Å². The maximum Gasteiger partial charge on any atom is 0.101 e. The number of nitrogens with zero attached hydrogens (tertiary/aromatic N) is 3. The van der Waals surface area contributed by atoms with Crippen molar-refractivity contribution >= 4 is 16.6 Å². The molecule has 0 spiro atoms. The summed E-state index contributed by atoms with van der Waals surface area (Å²) < 4.78 is 0. The first kappa shape index (κ1) is 13.1. The summed E-state index contributed by atoms with van der Waals surface area (Å²) in [5, 5.41) is 10.3. The van der Waals surface area contributed by atoms with E-state index in [1.165, 1.54) is 5.56 Å². The molecule has 102 valence electrons. The van der Waals surface area contributed by atoms with Crippen LogP contribution in [-0.2, 0) is 6.54 Å². The van der Waals surface area contributed by atoms with Crippen LogP contribution in [0.2, 0.25) is 0 Å². The summed E-state index contributed by atoms with van der Waals surface area (Å²) in [6.45, 7) is 0.753. The van der Waals surface area contributed by atoms with Crippen molar-refractivity contribution in [2.24, 2.45) is 0 Å². The molecule has 0 amide bonds. The third-order valence-electron chi connectivity index (χ3n) is 3.52. The molecule has 0 radical (unpaired) electrons. The largest absolute Gasteiger partial charge is 0.369 e. The summed E-state index contributed by atoms with van der Waals surface area (Å²) in [6.07, 6.45) is 1.80. The quantitative estimate of drug-likeness (QED) is 0.729. The Balaban J connectivity index is 1.89. The van der Waals surface area contributed by atoms with Crippen molar-refractivity contribution in [1.29, 1.82) is 5.26 Å². The minimum Gasteiger partial charge on any atom is -0.369 e. The Morgan fingerprint density at radius 3 is 2.81 bits per heavy atom. The standard InChI is InChI=1S/C18H15N3/c1-21(18-7-3-2-5-16(18)12-19)13-14-8-9-17-15(11-14)6-4-10-20-17/h2-11H,13H2,1H3. The Labute approximate surface area is 124 Å². The zero-order valence-electron chi connectivity index (χ0n) is 11.8. The highest BCUT2D eigenvalue weighted by atomic mass is 15.1. The number of hydrogen-bond donors (Lipinski definition) is 0. The van der Waals surface area contributed by atoms with Crippen molar-refractivity contribution in [3.63, 3.8) is 0 Å². The zero-order chi connectivity index (χ0) is 14.7. The maximum absolute atomic E-state index is 9.19. The molecule has 2 aromatic carbocycles. The van der Waals surface area contributed by atoms with Gasteiger partial charge in [-0.25, -0.2) is 0 Å². The van der Waals surface area contributed by atoms with E-state index in [1.807, 2.05) is 43.4 Å². The Hall–Kier alpha value is -2.86. The van der Waals surface area contributed by atoms with E-state index in [0.29, 0.717) is 5.56 Å². The van der Waals surface area contributed by atoms with E-state index in [4.69, 9.17) is 0 Å². The summed E-state index contributed by atoms with van der Waals surface area (Å²) in [6, 6.07) is 20.2. The van der Waals surface area contributed by atoms with Crippen molar-refractivity contribution in [1.82, 2.24) is 4.98 Å². The van der Waals surface area contributed by atoms with Crippen LogP contribution in [0.5, 0.6) is 0 Å². The average molecular weight is 273 g/mol. The number of pyridine rings is 1. The lowest BCUT2D eigenvalue weighted by Crippen LogP contribution is -2.17. The first-order chi connectivity index (χ1) is 10.3. The molecular weight excluding hydrogens is 258 g/mol. The highest BCUT2D eigenvalue weighted by Gasteiger charge is 2.07. The van der Waals surface area contributed by atoms with Crippen LogP contribution in [0.3, 0.4) is 0 Å². The van der Waals surface area contributed by atoms with E-state index in [2.05, 4.69) is 34.2 Å². The molecule has 0 unspecified atom stereocenters. The van der Waals surface area contributed by atoms with Gasteiger partial charge in [0.25, 0.3) is 0 Å². The van der Waals surface area contributed by atoms with Gasteiger partial charge in [-0.05, 0) is 35.9 Å². The van der Waals surface area contributed by atoms with Gasteiger partial charge in [-0.2, -0.15) is 5.26 Å². The second-order valence-corrected chi connectivity index (χ2v) is 5.02. The molecule has 0 bridgehead atoms. The van der Waals surface area contributed by atoms with Crippen molar-refractivity contribution in [2.45, 2.75) is 6.54 Å². The van der Waals surface area contributed by atoms with E-state index in [-0.39, 0.29) is 0 Å². The normalized spacial score (nSPS) is 10.3. The van der Waals surface area contributed by atoms with Crippen LogP contribution in [0.15, 0.2) is 60.8 Å². The molecule has 3 aromatic rings. The van der Waals surface area contributed by atoms with Gasteiger partial charge in [0, 0.05) is 25.2 Å². The van der Waals surface area contributed by atoms with E-state index >= 15 is 0 Å². The number of aromatic nitrogens is 1. The summed E-state index contributed by atoms with van der Waals surface area (Å²) in [5.41, 5.74) is 3.85. The van der Waals surface area contributed by atoms with Gasteiger partial charge in [0.15, 0.2) is 0 Å². The van der Waals surface area contributed by atoms with Crippen LogP contribution in [0.4, 0.5) is 5.69 Å². The van der Waals surface area contributed by atoms with E-state index < -0.39 is 0 Å². The molecule has 0 saturated heterocycles. The smallest absolute Gasteiger partial charge is 0.101 e. The molecule has 0 fully saturated rings. The molecule has 0 atom stereocenters. The van der Waals surface area contributed by atoms with Gasteiger partial charge in [-0.15, -0.1) is 0 Å². The summed E-state index contributed by atoms with van der Waals surface area (Å²) >= 11 is 0. The third-order valence-corrected chi connectivity index (χ3v) is 3.52. The molecule has 0 aliphatic rings. The predicted molar refractivity (Wildman–Crippen MR) is 85.0 cm³/mol. The van der Waals surface area contributed by atoms with Crippen molar-refractivity contribution in [3.8, 4) is 6.07 Å². The Morgan fingerprint density at radius 2 is 1.95 bits per heavy atom. The molecule has 0 saturated carbocycles. The van der Waals surface area contributed by atoms with Gasteiger partial charge in [0.1, 0.15) is 6.07 Å². The van der Waals surface area contributed by atoms with Gasteiger partial charge in [-0.3, -0.25) is 4.98 Å². The Bertz CT molecular complexity index is 818. The molecule has 0 aliphatic carbocycles. The monoisotopic (exact) mass is 273 g/mol. The summed E-state index contributed by atoms with van der Waals surface area (Å²) in [5.74, 6) is 0. The highest BCUT2D eigenvalue weighted by Crippen LogP contribution is 2.21. The third kappa shape index (κ3) is 2.70. The van der Waals surface area contributed by atoms with Crippen molar-refractivity contribution in [3.05, 3.63) is 71.9 Å². The average Bonchev–Trinajstić information content (AvgIpc) is 2.54. The fraction of sp³-hybridized carbons (Fsp3) is 0.111. The van der Waals surface area contributed by atoms with Crippen LogP contribution < -0.4 is 4.90 Å². The fourth-order valence-corrected chi connectivity index (χ4v) is 2.48. The molecule has 3 nitrogen and oxygen atoms in total. The number of para-hydroxylation sites is 1. The van der Waals surface area contributed by atoms with E-state index in [0.717, 1.165) is 23.1 Å². The number of anilines is 1. The lowest BCUT2D eigenvalue weighted by Gasteiger charge is -2.20. The van der Waals surface area contributed by atoms with Crippen LogP contribution in [0, 0.1) is 11.3 Å². The Kier molecular flexibility index (Phi) is 3.53. The molecule has 3 heteroatoms. The first-order valence-electron chi connectivity index (χ1n) is 6.82. The minimum atomic E-state index is 0.697. The zero-order valence-corrected chi connectivity index (χ0v) is 11.8. The minimum absolute atomic E-state index is 0.697. The maximum atomic E-state index is 9.19. The molecule has 1 aromatic heterocycles. The van der Waals surface area contributed by atoms with E-state index in [9.17, 15) is 5.26 Å². The molecular formula is C18H15N3. The number of nitriles is 1. The van der Waals surface area contributed by atoms with Gasteiger partial charge < -0.3 is 4.90 Å². The Morgan fingerprint density at radius 1 is 1.10 bits per heavy atom. The van der Waals surface area contributed by atoms with Gasteiger partial charge >= 0.3 is 0 Å². The van der Waals surface area contributed by atoms with Crippen molar-refractivity contribution < 1.29 is 0 Å².